The third-order valence-corrected chi connectivity index (χ3v) is 7.21. The predicted octanol–water partition coefficient (Wildman–Crippen LogP) is 4.27. The second-order valence-corrected chi connectivity index (χ2v) is 9.68. The van der Waals surface area contributed by atoms with Crippen LogP contribution in [-0.4, -0.2) is 22.1 Å². The minimum absolute atomic E-state index is 0.0365. The lowest BCUT2D eigenvalue weighted by molar-refractivity contribution is -0.384. The number of hydrogen-bond donors (Lipinski definition) is 0. The average molecular weight is 530 g/mol. The van der Waals surface area contributed by atoms with E-state index in [9.17, 15) is 19.7 Å². The summed E-state index contributed by atoms with van der Waals surface area (Å²) in [6, 6.07) is 16.6. The number of nitro benzene ring substituents is 1. The minimum atomic E-state index is -0.687. The Kier molecular flexibility index (Phi) is 6.64. The number of ether oxygens (including phenoxy) is 1. The van der Waals surface area contributed by atoms with E-state index in [1.807, 2.05) is 37.3 Å². The van der Waals surface area contributed by atoms with E-state index in [4.69, 9.17) is 9.15 Å². The van der Waals surface area contributed by atoms with Gasteiger partial charge in [-0.1, -0.05) is 47.7 Å². The summed E-state index contributed by atoms with van der Waals surface area (Å²) in [6.07, 6.45) is 1.62. The first-order valence-corrected chi connectivity index (χ1v) is 12.7. The molecule has 0 bridgehead atoms. The summed E-state index contributed by atoms with van der Waals surface area (Å²) in [5.41, 5.74) is 2.63. The van der Waals surface area contributed by atoms with Gasteiger partial charge < -0.3 is 9.15 Å². The Bertz CT molecular complexity index is 1780. The van der Waals surface area contributed by atoms with E-state index in [1.165, 1.54) is 28.0 Å². The molecule has 1 aliphatic heterocycles. The van der Waals surface area contributed by atoms with E-state index in [0.717, 1.165) is 11.1 Å². The van der Waals surface area contributed by atoms with E-state index in [1.54, 1.807) is 38.1 Å². The van der Waals surface area contributed by atoms with Gasteiger partial charge in [-0.25, -0.2) is 9.79 Å². The maximum atomic E-state index is 13.7. The van der Waals surface area contributed by atoms with Gasteiger partial charge in [0.15, 0.2) is 4.80 Å². The molecule has 0 radical (unpaired) electrons. The van der Waals surface area contributed by atoms with Gasteiger partial charge in [0, 0.05) is 23.8 Å². The molecule has 0 unspecified atom stereocenters. The van der Waals surface area contributed by atoms with Crippen molar-refractivity contribution in [2.45, 2.75) is 26.8 Å². The number of nitrogens with zero attached hydrogens (tertiary/aromatic N) is 3. The summed E-state index contributed by atoms with van der Waals surface area (Å²) in [5, 5.41) is 11.2. The van der Waals surface area contributed by atoms with Gasteiger partial charge in [0.05, 0.1) is 33.4 Å². The van der Waals surface area contributed by atoms with Crippen molar-refractivity contribution < 1.29 is 18.9 Å². The van der Waals surface area contributed by atoms with E-state index >= 15 is 0 Å². The summed E-state index contributed by atoms with van der Waals surface area (Å²) in [6.45, 7) is 5.51. The fourth-order valence-electron chi connectivity index (χ4n) is 4.44. The number of furan rings is 1. The monoisotopic (exact) mass is 529 g/mol. The largest absolute Gasteiger partial charge is 0.463 e. The molecule has 2 aromatic heterocycles. The Hall–Kier alpha value is -4.57. The Labute approximate surface area is 220 Å². The number of hydrogen-bond acceptors (Lipinski definition) is 8. The maximum Gasteiger partial charge on any atom is 0.338 e. The van der Waals surface area contributed by atoms with Crippen LogP contribution in [0.1, 0.15) is 36.8 Å². The number of aryl methyl sites for hydroxylation is 1. The number of allylic oxidation sites excluding steroid dienone is 1. The SMILES string of the molecule is CCOC(=O)C1=C(C)N=c2s/c(=C\c3ccc(-c4cc([N+](=O)[O-])ccc4C)o3)c(=O)n2[C@H]1c1ccccc1. The molecule has 0 spiro atoms. The van der Waals surface area contributed by atoms with Crippen LogP contribution in [0.2, 0.25) is 0 Å². The van der Waals surface area contributed by atoms with E-state index in [-0.39, 0.29) is 17.9 Å². The lowest BCUT2D eigenvalue weighted by Crippen LogP contribution is -2.39. The highest BCUT2D eigenvalue weighted by Crippen LogP contribution is 2.31. The molecule has 1 atom stereocenters. The second kappa shape index (κ2) is 10.1. The van der Waals surface area contributed by atoms with Gasteiger partial charge in [-0.05, 0) is 44.0 Å². The van der Waals surface area contributed by atoms with Gasteiger partial charge in [-0.3, -0.25) is 19.5 Å². The fourth-order valence-corrected chi connectivity index (χ4v) is 5.46. The Morgan fingerprint density at radius 2 is 1.95 bits per heavy atom. The molecule has 9 nitrogen and oxygen atoms in total. The highest BCUT2D eigenvalue weighted by atomic mass is 32.1. The zero-order valence-electron chi connectivity index (χ0n) is 20.8. The van der Waals surface area contributed by atoms with Gasteiger partial charge in [-0.2, -0.15) is 0 Å². The summed E-state index contributed by atoms with van der Waals surface area (Å²) in [4.78, 5) is 42.4. The first kappa shape index (κ1) is 25.1. The van der Waals surface area contributed by atoms with Crippen LogP contribution in [0.4, 0.5) is 5.69 Å². The zero-order valence-corrected chi connectivity index (χ0v) is 21.7. The number of thiazole rings is 1. The highest BCUT2D eigenvalue weighted by Gasteiger charge is 2.33. The molecular weight excluding hydrogens is 506 g/mol. The lowest BCUT2D eigenvalue weighted by Gasteiger charge is -2.24. The van der Waals surface area contributed by atoms with Crippen molar-refractivity contribution in [1.82, 2.24) is 4.57 Å². The van der Waals surface area contributed by atoms with Crippen LogP contribution in [0, 0.1) is 17.0 Å². The van der Waals surface area contributed by atoms with Crippen molar-refractivity contribution in [2.24, 2.45) is 4.99 Å². The van der Waals surface area contributed by atoms with Gasteiger partial charge in [0.1, 0.15) is 11.5 Å². The molecule has 5 rings (SSSR count). The Morgan fingerprint density at radius 3 is 2.66 bits per heavy atom. The second-order valence-electron chi connectivity index (χ2n) is 8.67. The number of aromatic nitrogens is 1. The number of nitro groups is 1. The van der Waals surface area contributed by atoms with Gasteiger partial charge >= 0.3 is 5.97 Å². The lowest BCUT2D eigenvalue weighted by atomic mass is 9.96. The number of fused-ring (bicyclic) bond motifs is 1. The summed E-state index contributed by atoms with van der Waals surface area (Å²) < 4.78 is 13.2. The quantitative estimate of drug-likeness (QED) is 0.209. The zero-order chi connectivity index (χ0) is 27.0. The average Bonchev–Trinajstić information content (AvgIpc) is 3.48. The van der Waals surface area contributed by atoms with Gasteiger partial charge in [0.25, 0.3) is 11.2 Å². The molecule has 2 aromatic carbocycles. The maximum absolute atomic E-state index is 13.7. The molecule has 3 heterocycles. The number of esters is 1. The molecule has 0 aliphatic carbocycles. The van der Waals surface area contributed by atoms with E-state index in [2.05, 4.69) is 4.99 Å². The molecule has 4 aromatic rings. The van der Waals surface area contributed by atoms with Crippen molar-refractivity contribution >= 4 is 29.1 Å². The third kappa shape index (κ3) is 4.50. The van der Waals surface area contributed by atoms with Crippen LogP contribution in [0.15, 0.2) is 86.1 Å². The molecule has 1 aliphatic rings. The number of carbonyl (C=O) groups is 1. The van der Waals surface area contributed by atoms with Crippen LogP contribution < -0.4 is 14.9 Å². The van der Waals surface area contributed by atoms with Crippen LogP contribution >= 0.6 is 11.3 Å². The summed E-state index contributed by atoms with van der Waals surface area (Å²) >= 11 is 1.19. The molecule has 0 saturated carbocycles. The van der Waals surface area contributed by atoms with Crippen molar-refractivity contribution in [2.75, 3.05) is 6.61 Å². The molecule has 10 heteroatoms. The Morgan fingerprint density at radius 1 is 1.18 bits per heavy atom. The Balaban J connectivity index is 1.62. The van der Waals surface area contributed by atoms with Crippen molar-refractivity contribution in [3.63, 3.8) is 0 Å². The minimum Gasteiger partial charge on any atom is -0.463 e. The van der Waals surface area contributed by atoms with Gasteiger partial charge in [0.2, 0.25) is 0 Å². The van der Waals surface area contributed by atoms with Crippen molar-refractivity contribution in [3.05, 3.63) is 119 Å². The molecule has 0 fully saturated rings. The van der Waals surface area contributed by atoms with E-state index in [0.29, 0.717) is 37.7 Å². The van der Waals surface area contributed by atoms with Crippen molar-refractivity contribution in [1.29, 1.82) is 0 Å². The predicted molar refractivity (Wildman–Crippen MR) is 142 cm³/mol. The smallest absolute Gasteiger partial charge is 0.338 e. The van der Waals surface area contributed by atoms with Crippen LogP contribution in [0.3, 0.4) is 0 Å². The van der Waals surface area contributed by atoms with E-state index < -0.39 is 16.9 Å². The van der Waals surface area contributed by atoms with Crippen molar-refractivity contribution in [3.8, 4) is 11.3 Å². The molecule has 0 saturated heterocycles. The van der Waals surface area contributed by atoms with Crippen LogP contribution in [0.5, 0.6) is 0 Å². The number of non-ortho nitro benzene ring substituents is 1. The third-order valence-electron chi connectivity index (χ3n) is 6.23. The first-order valence-electron chi connectivity index (χ1n) is 11.9. The summed E-state index contributed by atoms with van der Waals surface area (Å²) in [5.74, 6) is 0.349. The normalized spacial score (nSPS) is 15.2. The molecule has 38 heavy (non-hydrogen) atoms. The number of benzene rings is 2. The highest BCUT2D eigenvalue weighted by molar-refractivity contribution is 7.07. The number of rotatable bonds is 6. The molecular formula is C28H23N3O6S. The van der Waals surface area contributed by atoms with Crippen LogP contribution in [0.25, 0.3) is 17.4 Å². The standard InChI is InChI=1S/C28H23N3O6S/c1-4-36-27(33)24-17(3)29-28-30(25(24)18-8-6-5-7-9-18)26(32)23(38-28)15-20-12-13-22(37-20)21-14-19(31(34)35)11-10-16(21)2/h5-15,25H,4H2,1-3H3/b23-15-/t25-/m0/s1. The molecule has 0 amide bonds. The number of carbonyl (C=O) groups excluding carboxylic acids is 1. The topological polar surface area (TPSA) is 117 Å². The summed E-state index contributed by atoms with van der Waals surface area (Å²) in [7, 11) is 0. The molecule has 192 valence electrons. The van der Waals surface area contributed by atoms with Gasteiger partial charge in [-0.15, -0.1) is 0 Å². The fraction of sp³-hybridized carbons (Fsp3) is 0.179. The van der Waals surface area contributed by atoms with Crippen LogP contribution in [-0.2, 0) is 9.53 Å². The first-order chi connectivity index (χ1) is 18.3. The molecule has 0 N–H and O–H groups in total.